The van der Waals surface area contributed by atoms with Crippen LogP contribution >= 0.6 is 0 Å². The third kappa shape index (κ3) is 3.20. The van der Waals surface area contributed by atoms with Gasteiger partial charge >= 0.3 is 0 Å². The molecule has 1 saturated heterocycles. The number of aromatic amines is 1. The van der Waals surface area contributed by atoms with Crippen molar-refractivity contribution in [2.75, 3.05) is 13.6 Å². The molecule has 6 heteroatoms. The number of nitrogens with one attached hydrogen (secondary N) is 1. The van der Waals surface area contributed by atoms with Gasteiger partial charge in [0.2, 0.25) is 11.8 Å². The first kappa shape index (κ1) is 17.1. The third-order valence-corrected chi connectivity index (χ3v) is 5.69. The van der Waals surface area contributed by atoms with E-state index in [1.807, 2.05) is 11.9 Å². The van der Waals surface area contributed by atoms with Crippen molar-refractivity contribution in [2.45, 2.75) is 52.1 Å². The molecule has 1 atom stereocenters. The van der Waals surface area contributed by atoms with E-state index in [0.717, 1.165) is 29.7 Å². The Morgan fingerprint density at radius 3 is 2.73 bits per heavy atom. The van der Waals surface area contributed by atoms with Crippen molar-refractivity contribution < 1.29 is 9.59 Å². The first-order valence-electron chi connectivity index (χ1n) is 9.42. The molecule has 6 nitrogen and oxygen atoms in total. The van der Waals surface area contributed by atoms with Crippen LogP contribution in [0.5, 0.6) is 0 Å². The number of piperidine rings is 1. The van der Waals surface area contributed by atoms with E-state index in [1.54, 1.807) is 4.90 Å². The largest absolute Gasteiger partial charge is 0.340 e. The number of nitrogens with zero attached hydrogens (tertiary/aromatic N) is 3. The van der Waals surface area contributed by atoms with Crippen LogP contribution in [-0.4, -0.2) is 51.2 Å². The van der Waals surface area contributed by atoms with E-state index in [9.17, 15) is 9.59 Å². The number of amides is 2. The molecule has 0 unspecified atom stereocenters. The zero-order valence-corrected chi connectivity index (χ0v) is 15.7. The quantitative estimate of drug-likeness (QED) is 0.917. The van der Waals surface area contributed by atoms with Gasteiger partial charge < -0.3 is 14.8 Å². The van der Waals surface area contributed by atoms with Crippen molar-refractivity contribution in [2.24, 2.45) is 5.92 Å². The second-order valence-corrected chi connectivity index (χ2v) is 7.84. The number of hydrogen-bond donors (Lipinski definition) is 1. The van der Waals surface area contributed by atoms with Gasteiger partial charge in [-0.1, -0.05) is 0 Å². The highest BCUT2D eigenvalue weighted by Gasteiger charge is 2.39. The standard InChI is InChI=1S/C20H26N4O2/c1-12-8-16-17(9-13(12)2)22-18(21-16)11-23(3)20(26)14-4-7-19(25)24(10-14)15-5-6-15/h8-9,14-15H,4-7,10-11H2,1-3H3,(H,21,22)/t14-/m0/s1. The topological polar surface area (TPSA) is 69.3 Å². The summed E-state index contributed by atoms with van der Waals surface area (Å²) >= 11 is 0. The van der Waals surface area contributed by atoms with Crippen LogP contribution in [-0.2, 0) is 16.1 Å². The molecule has 1 aromatic carbocycles. The summed E-state index contributed by atoms with van der Waals surface area (Å²) in [6.45, 7) is 5.19. The molecule has 2 fully saturated rings. The SMILES string of the molecule is Cc1cc2nc(CN(C)C(=O)[C@H]3CCC(=O)N(C4CC4)C3)[nH]c2cc1C. The first-order chi connectivity index (χ1) is 12.4. The molecule has 0 bridgehead atoms. The van der Waals surface area contributed by atoms with Crippen molar-refractivity contribution in [3.8, 4) is 0 Å². The fraction of sp³-hybridized carbons (Fsp3) is 0.550. The molecule has 4 rings (SSSR count). The Morgan fingerprint density at radius 1 is 1.27 bits per heavy atom. The van der Waals surface area contributed by atoms with Crippen LogP contribution in [0.3, 0.4) is 0 Å². The third-order valence-electron chi connectivity index (χ3n) is 5.69. The Balaban J connectivity index is 1.44. The van der Waals surface area contributed by atoms with Gasteiger partial charge in [-0.3, -0.25) is 9.59 Å². The minimum Gasteiger partial charge on any atom is -0.340 e. The molecule has 2 aliphatic rings. The van der Waals surface area contributed by atoms with Crippen LogP contribution in [0.25, 0.3) is 11.0 Å². The number of H-pyrrole nitrogens is 1. The average molecular weight is 354 g/mol. The lowest BCUT2D eigenvalue weighted by Gasteiger charge is -2.33. The van der Waals surface area contributed by atoms with Crippen molar-refractivity contribution in [3.63, 3.8) is 0 Å². The lowest BCUT2D eigenvalue weighted by atomic mass is 9.96. The predicted molar refractivity (Wildman–Crippen MR) is 99.5 cm³/mol. The zero-order chi connectivity index (χ0) is 18.4. The summed E-state index contributed by atoms with van der Waals surface area (Å²) < 4.78 is 0. The Bertz CT molecular complexity index is 829. The minimum absolute atomic E-state index is 0.0906. The molecule has 0 radical (unpaired) electrons. The number of hydrogen-bond acceptors (Lipinski definition) is 3. The van der Waals surface area contributed by atoms with Gasteiger partial charge in [-0.15, -0.1) is 0 Å². The maximum atomic E-state index is 12.9. The molecule has 1 N–H and O–H groups in total. The highest BCUT2D eigenvalue weighted by atomic mass is 16.2. The summed E-state index contributed by atoms with van der Waals surface area (Å²) in [5, 5.41) is 0. The number of benzene rings is 1. The van der Waals surface area contributed by atoms with Gasteiger partial charge in [0.05, 0.1) is 23.5 Å². The Morgan fingerprint density at radius 2 is 2.00 bits per heavy atom. The van der Waals surface area contributed by atoms with Crippen LogP contribution < -0.4 is 0 Å². The molecule has 2 heterocycles. The van der Waals surface area contributed by atoms with E-state index in [1.165, 1.54) is 11.1 Å². The van der Waals surface area contributed by atoms with E-state index >= 15 is 0 Å². The molecule has 138 valence electrons. The highest BCUT2D eigenvalue weighted by Crippen LogP contribution is 2.32. The summed E-state index contributed by atoms with van der Waals surface area (Å²) in [7, 11) is 1.82. The van der Waals surface area contributed by atoms with E-state index in [2.05, 4.69) is 35.9 Å². The zero-order valence-electron chi connectivity index (χ0n) is 15.7. The maximum absolute atomic E-state index is 12.9. The smallest absolute Gasteiger partial charge is 0.227 e. The average Bonchev–Trinajstić information content (AvgIpc) is 3.37. The molecule has 2 aromatic rings. The number of aryl methyl sites for hydroxylation is 2. The minimum atomic E-state index is -0.0906. The fourth-order valence-corrected chi connectivity index (χ4v) is 3.82. The van der Waals surface area contributed by atoms with Crippen LogP contribution in [0.15, 0.2) is 12.1 Å². The van der Waals surface area contributed by atoms with Gasteiger partial charge in [-0.25, -0.2) is 4.98 Å². The van der Waals surface area contributed by atoms with Gasteiger partial charge in [-0.2, -0.15) is 0 Å². The maximum Gasteiger partial charge on any atom is 0.227 e. The Kier molecular flexibility index (Phi) is 4.21. The van der Waals surface area contributed by atoms with Gasteiger partial charge in [0.1, 0.15) is 5.82 Å². The molecule has 1 aromatic heterocycles. The lowest BCUT2D eigenvalue weighted by Crippen LogP contribution is -2.46. The van der Waals surface area contributed by atoms with E-state index < -0.39 is 0 Å². The van der Waals surface area contributed by atoms with Crippen LogP contribution in [0, 0.1) is 19.8 Å². The fourth-order valence-electron chi connectivity index (χ4n) is 3.82. The molecule has 26 heavy (non-hydrogen) atoms. The normalized spacial score (nSPS) is 20.7. The van der Waals surface area contributed by atoms with Crippen molar-refractivity contribution in [1.82, 2.24) is 19.8 Å². The molecular weight excluding hydrogens is 328 g/mol. The second-order valence-electron chi connectivity index (χ2n) is 7.84. The van der Waals surface area contributed by atoms with Gasteiger partial charge in [-0.05, 0) is 56.4 Å². The molecule has 1 aliphatic carbocycles. The molecule has 0 spiro atoms. The summed E-state index contributed by atoms with van der Waals surface area (Å²) in [5.41, 5.74) is 4.38. The van der Waals surface area contributed by atoms with E-state index in [-0.39, 0.29) is 17.7 Å². The number of rotatable bonds is 4. The van der Waals surface area contributed by atoms with Gasteiger partial charge in [0, 0.05) is 26.1 Å². The second kappa shape index (κ2) is 6.41. The van der Waals surface area contributed by atoms with Gasteiger partial charge in [0.15, 0.2) is 0 Å². The van der Waals surface area contributed by atoms with Gasteiger partial charge in [0.25, 0.3) is 0 Å². The molecule has 2 amide bonds. The van der Waals surface area contributed by atoms with Crippen molar-refractivity contribution in [3.05, 3.63) is 29.1 Å². The van der Waals surface area contributed by atoms with E-state index in [0.29, 0.717) is 32.0 Å². The number of aromatic nitrogens is 2. The summed E-state index contributed by atoms with van der Waals surface area (Å²) in [6, 6.07) is 4.56. The van der Waals surface area contributed by atoms with Crippen LogP contribution in [0.4, 0.5) is 0 Å². The van der Waals surface area contributed by atoms with E-state index in [4.69, 9.17) is 0 Å². The van der Waals surface area contributed by atoms with Crippen molar-refractivity contribution >= 4 is 22.8 Å². The Labute approximate surface area is 153 Å². The summed E-state index contributed by atoms with van der Waals surface area (Å²) in [5.74, 6) is 1.03. The lowest BCUT2D eigenvalue weighted by molar-refractivity contribution is -0.143. The number of fused-ring (bicyclic) bond motifs is 1. The van der Waals surface area contributed by atoms with Crippen LogP contribution in [0.1, 0.15) is 42.6 Å². The Hall–Kier alpha value is -2.37. The number of carbonyl (C=O) groups excluding carboxylic acids is 2. The summed E-state index contributed by atoms with van der Waals surface area (Å²) in [6.07, 6.45) is 3.31. The molecule has 1 aliphatic heterocycles. The predicted octanol–water partition coefficient (Wildman–Crippen LogP) is 2.54. The number of carbonyl (C=O) groups is 2. The van der Waals surface area contributed by atoms with Crippen molar-refractivity contribution in [1.29, 1.82) is 0 Å². The summed E-state index contributed by atoms with van der Waals surface area (Å²) in [4.78, 5) is 36.5. The number of imidazole rings is 1. The monoisotopic (exact) mass is 354 g/mol. The molecular formula is C20H26N4O2. The highest BCUT2D eigenvalue weighted by molar-refractivity contribution is 5.84. The van der Waals surface area contributed by atoms with Crippen LogP contribution in [0.2, 0.25) is 0 Å². The molecule has 1 saturated carbocycles. The number of likely N-dealkylation sites (tertiary alicyclic amines) is 1. The first-order valence-corrected chi connectivity index (χ1v) is 9.42.